The molecule has 0 atom stereocenters. The smallest absolute Gasteiger partial charge is 0.491 e. The number of hydrogen-bond acceptors (Lipinski definition) is 3. The number of hydrogen-bond donors (Lipinski definition) is 2. The van der Waals surface area contributed by atoms with Crippen LogP contribution < -0.4 is 10.2 Å². The Hall–Kier alpha value is -0.705. The number of rotatable bonds is 3. The Kier molecular flexibility index (Phi) is 4.02. The summed E-state index contributed by atoms with van der Waals surface area (Å²) in [6, 6.07) is 3.18. The molecule has 0 aliphatic rings. The van der Waals surface area contributed by atoms with E-state index in [0.717, 1.165) is 5.56 Å². The Balaban J connectivity index is 3.22. The van der Waals surface area contributed by atoms with Gasteiger partial charge in [0.25, 0.3) is 0 Å². The monoisotopic (exact) mass is 228 g/mol. The SMILES string of the molecule is Cc1c(Cl)ccc(B(O)O)c1OC(C)C. The lowest BCUT2D eigenvalue weighted by atomic mass is 9.78. The Morgan fingerprint density at radius 1 is 1.33 bits per heavy atom. The first-order valence-electron chi connectivity index (χ1n) is 4.75. The molecule has 0 saturated carbocycles. The summed E-state index contributed by atoms with van der Waals surface area (Å²) in [5.41, 5.74) is 1.06. The summed E-state index contributed by atoms with van der Waals surface area (Å²) in [7, 11) is -1.55. The van der Waals surface area contributed by atoms with E-state index in [2.05, 4.69) is 0 Å². The maximum atomic E-state index is 9.17. The van der Waals surface area contributed by atoms with Gasteiger partial charge in [-0.25, -0.2) is 0 Å². The summed E-state index contributed by atoms with van der Waals surface area (Å²) < 4.78 is 5.51. The van der Waals surface area contributed by atoms with Crippen molar-refractivity contribution in [3.63, 3.8) is 0 Å². The highest BCUT2D eigenvalue weighted by Gasteiger charge is 2.20. The molecule has 0 heterocycles. The molecule has 1 aromatic carbocycles. The van der Waals surface area contributed by atoms with E-state index in [-0.39, 0.29) is 6.10 Å². The molecule has 0 fully saturated rings. The predicted molar refractivity (Wildman–Crippen MR) is 61.8 cm³/mol. The fourth-order valence-electron chi connectivity index (χ4n) is 1.28. The molecule has 0 saturated heterocycles. The average molecular weight is 228 g/mol. The van der Waals surface area contributed by atoms with E-state index in [9.17, 15) is 0 Å². The second-order valence-electron chi connectivity index (χ2n) is 3.63. The van der Waals surface area contributed by atoms with Gasteiger partial charge in [-0.2, -0.15) is 0 Å². The van der Waals surface area contributed by atoms with Crippen LogP contribution in [0.15, 0.2) is 12.1 Å². The van der Waals surface area contributed by atoms with Crippen LogP contribution in [-0.4, -0.2) is 23.3 Å². The Bertz CT molecular complexity index is 353. The topological polar surface area (TPSA) is 49.7 Å². The van der Waals surface area contributed by atoms with Crippen LogP contribution in [-0.2, 0) is 0 Å². The molecule has 0 aromatic heterocycles. The van der Waals surface area contributed by atoms with Gasteiger partial charge in [0, 0.05) is 16.0 Å². The van der Waals surface area contributed by atoms with Gasteiger partial charge in [-0.1, -0.05) is 17.7 Å². The van der Waals surface area contributed by atoms with Crippen molar-refractivity contribution >= 4 is 24.2 Å². The van der Waals surface area contributed by atoms with E-state index in [1.165, 1.54) is 0 Å². The lowest BCUT2D eigenvalue weighted by Gasteiger charge is -2.17. The van der Waals surface area contributed by atoms with E-state index in [1.54, 1.807) is 19.1 Å². The third kappa shape index (κ3) is 2.87. The van der Waals surface area contributed by atoms with Crippen molar-refractivity contribution in [1.29, 1.82) is 0 Å². The maximum absolute atomic E-state index is 9.17. The zero-order valence-corrected chi connectivity index (χ0v) is 9.75. The Morgan fingerprint density at radius 2 is 1.93 bits per heavy atom. The van der Waals surface area contributed by atoms with Gasteiger partial charge in [-0.3, -0.25) is 0 Å². The third-order valence-electron chi connectivity index (χ3n) is 2.00. The normalized spacial score (nSPS) is 10.6. The quantitative estimate of drug-likeness (QED) is 0.762. The highest BCUT2D eigenvalue weighted by atomic mass is 35.5. The molecular formula is C10H14BClO3. The molecule has 0 radical (unpaired) electrons. The third-order valence-corrected chi connectivity index (χ3v) is 2.41. The molecule has 5 heteroatoms. The molecular weight excluding hydrogens is 214 g/mol. The molecule has 0 aliphatic carbocycles. The van der Waals surface area contributed by atoms with E-state index in [0.29, 0.717) is 16.2 Å². The average Bonchev–Trinajstić information content (AvgIpc) is 2.12. The van der Waals surface area contributed by atoms with Crippen molar-refractivity contribution in [1.82, 2.24) is 0 Å². The highest BCUT2D eigenvalue weighted by molar-refractivity contribution is 6.60. The van der Waals surface area contributed by atoms with E-state index in [1.807, 2.05) is 13.8 Å². The molecule has 0 bridgehead atoms. The van der Waals surface area contributed by atoms with Crippen LogP contribution in [0.4, 0.5) is 0 Å². The number of ether oxygens (including phenoxy) is 1. The Labute approximate surface area is 94.8 Å². The van der Waals surface area contributed by atoms with E-state index in [4.69, 9.17) is 26.4 Å². The van der Waals surface area contributed by atoms with Crippen LogP contribution in [0.1, 0.15) is 19.4 Å². The zero-order chi connectivity index (χ0) is 11.6. The molecule has 0 amide bonds. The second-order valence-corrected chi connectivity index (χ2v) is 4.04. The molecule has 3 nitrogen and oxygen atoms in total. The molecule has 1 rings (SSSR count). The molecule has 15 heavy (non-hydrogen) atoms. The van der Waals surface area contributed by atoms with Crippen molar-refractivity contribution < 1.29 is 14.8 Å². The van der Waals surface area contributed by atoms with Crippen LogP contribution in [0, 0.1) is 6.92 Å². The van der Waals surface area contributed by atoms with Gasteiger partial charge in [0.2, 0.25) is 0 Å². The van der Waals surface area contributed by atoms with E-state index < -0.39 is 7.12 Å². The predicted octanol–water partition coefficient (Wildman–Crippen LogP) is 1.12. The first-order valence-corrected chi connectivity index (χ1v) is 5.13. The van der Waals surface area contributed by atoms with Crippen LogP contribution in [0.2, 0.25) is 5.02 Å². The fraction of sp³-hybridized carbons (Fsp3) is 0.400. The minimum atomic E-state index is -1.55. The summed E-state index contributed by atoms with van der Waals surface area (Å²) in [5.74, 6) is 0.451. The zero-order valence-electron chi connectivity index (χ0n) is 8.99. The van der Waals surface area contributed by atoms with Crippen molar-refractivity contribution in [3.05, 3.63) is 22.7 Å². The van der Waals surface area contributed by atoms with Gasteiger partial charge in [-0.15, -0.1) is 0 Å². The number of halogens is 1. The molecule has 0 spiro atoms. The molecule has 1 aromatic rings. The van der Waals surface area contributed by atoms with Gasteiger partial charge in [-0.05, 0) is 26.8 Å². The lowest BCUT2D eigenvalue weighted by molar-refractivity contribution is 0.242. The maximum Gasteiger partial charge on any atom is 0.492 e. The molecule has 82 valence electrons. The summed E-state index contributed by atoms with van der Waals surface area (Å²) in [6.07, 6.45) is -0.0420. The summed E-state index contributed by atoms with van der Waals surface area (Å²) in [5, 5.41) is 18.9. The van der Waals surface area contributed by atoms with Gasteiger partial charge in [0.15, 0.2) is 0 Å². The van der Waals surface area contributed by atoms with Gasteiger partial charge in [0.1, 0.15) is 5.75 Å². The summed E-state index contributed by atoms with van der Waals surface area (Å²) >= 11 is 5.93. The van der Waals surface area contributed by atoms with Crippen LogP contribution >= 0.6 is 11.6 Å². The molecule has 0 aliphatic heterocycles. The molecule has 0 unspecified atom stereocenters. The van der Waals surface area contributed by atoms with Gasteiger partial charge in [0.05, 0.1) is 6.10 Å². The fourth-order valence-corrected chi connectivity index (χ4v) is 1.43. The van der Waals surface area contributed by atoms with Crippen molar-refractivity contribution in [2.75, 3.05) is 0 Å². The lowest BCUT2D eigenvalue weighted by Crippen LogP contribution is -2.32. The van der Waals surface area contributed by atoms with Crippen LogP contribution in [0.5, 0.6) is 5.75 Å². The minimum absolute atomic E-state index is 0.0420. The second kappa shape index (κ2) is 4.88. The van der Waals surface area contributed by atoms with Gasteiger partial charge >= 0.3 is 7.12 Å². The summed E-state index contributed by atoms with van der Waals surface area (Å²) in [6.45, 7) is 5.52. The highest BCUT2D eigenvalue weighted by Crippen LogP contribution is 2.24. The number of benzene rings is 1. The van der Waals surface area contributed by atoms with E-state index >= 15 is 0 Å². The van der Waals surface area contributed by atoms with Crippen molar-refractivity contribution in [2.24, 2.45) is 0 Å². The summed E-state index contributed by atoms with van der Waals surface area (Å²) in [4.78, 5) is 0. The van der Waals surface area contributed by atoms with Crippen molar-refractivity contribution in [2.45, 2.75) is 26.9 Å². The largest absolute Gasteiger partial charge is 0.492 e. The first kappa shape index (κ1) is 12.4. The Morgan fingerprint density at radius 3 is 2.40 bits per heavy atom. The van der Waals surface area contributed by atoms with Crippen LogP contribution in [0.25, 0.3) is 0 Å². The van der Waals surface area contributed by atoms with Gasteiger partial charge < -0.3 is 14.8 Å². The minimum Gasteiger partial charge on any atom is -0.491 e. The molecule has 2 N–H and O–H groups in total. The standard InChI is InChI=1S/C10H14BClO3/c1-6(2)15-10-7(3)9(12)5-4-8(10)11(13)14/h4-6,13-14H,1-3H3. The van der Waals surface area contributed by atoms with Crippen molar-refractivity contribution in [3.8, 4) is 5.75 Å². The first-order chi connectivity index (χ1) is 6.93. The van der Waals surface area contributed by atoms with Crippen LogP contribution in [0.3, 0.4) is 0 Å².